The van der Waals surface area contributed by atoms with Crippen LogP contribution in [-0.4, -0.2) is 53.8 Å². The fourth-order valence-corrected chi connectivity index (χ4v) is 3.21. The Balaban J connectivity index is 1.83. The number of ether oxygens (including phenoxy) is 1. The van der Waals surface area contributed by atoms with Crippen LogP contribution in [0.2, 0.25) is 0 Å². The highest BCUT2D eigenvalue weighted by atomic mass is 16.5. The maximum absolute atomic E-state index is 12.9. The zero-order valence-corrected chi connectivity index (χ0v) is 15.7. The Kier molecular flexibility index (Phi) is 4.97. The molecule has 1 aromatic heterocycles. The molecule has 0 spiro atoms. The van der Waals surface area contributed by atoms with E-state index in [0.29, 0.717) is 37.4 Å². The number of hydrogen-bond acceptors (Lipinski definition) is 5. The molecule has 0 N–H and O–H groups in total. The molecule has 0 saturated heterocycles. The maximum atomic E-state index is 12.9. The highest BCUT2D eigenvalue weighted by Gasteiger charge is 2.30. The van der Waals surface area contributed by atoms with Crippen molar-refractivity contribution >= 4 is 17.6 Å². The fraction of sp³-hybridized carbons (Fsp3) is 0.421. The third-order valence-electron chi connectivity index (χ3n) is 4.58. The van der Waals surface area contributed by atoms with E-state index in [1.54, 1.807) is 23.6 Å². The standard InChI is InChI=1S/C19H24N4O3/c1-5-26-19(25)17-15-12-23(11-10-16(15)20-22(17)4)18(24)13-6-8-14(9-7-13)21(2)3/h6-9H,5,10-12H2,1-4H3. The van der Waals surface area contributed by atoms with Gasteiger partial charge in [-0.2, -0.15) is 5.10 Å². The third kappa shape index (κ3) is 3.29. The second-order valence-electron chi connectivity index (χ2n) is 6.54. The van der Waals surface area contributed by atoms with Crippen LogP contribution in [0.1, 0.15) is 39.0 Å². The average molecular weight is 356 g/mol. The molecule has 0 saturated carbocycles. The van der Waals surface area contributed by atoms with Gasteiger partial charge in [0.1, 0.15) is 0 Å². The van der Waals surface area contributed by atoms with Crippen LogP contribution in [-0.2, 0) is 24.8 Å². The number of rotatable bonds is 4. The molecule has 0 unspecified atom stereocenters. The van der Waals surface area contributed by atoms with Gasteiger partial charge in [0.25, 0.3) is 5.91 Å². The van der Waals surface area contributed by atoms with Crippen LogP contribution in [0.4, 0.5) is 5.69 Å². The summed E-state index contributed by atoms with van der Waals surface area (Å²) < 4.78 is 6.70. The van der Waals surface area contributed by atoms with Crippen LogP contribution >= 0.6 is 0 Å². The largest absolute Gasteiger partial charge is 0.461 e. The summed E-state index contributed by atoms with van der Waals surface area (Å²) in [4.78, 5) is 28.9. The van der Waals surface area contributed by atoms with Gasteiger partial charge >= 0.3 is 5.97 Å². The first-order chi connectivity index (χ1) is 12.4. The molecule has 0 bridgehead atoms. The Labute approximate surface area is 153 Å². The molecule has 138 valence electrons. The summed E-state index contributed by atoms with van der Waals surface area (Å²) in [5.74, 6) is -0.437. The molecule has 0 radical (unpaired) electrons. The molecule has 2 heterocycles. The number of carbonyl (C=O) groups excluding carboxylic acids is 2. The summed E-state index contributed by atoms with van der Waals surface area (Å²) >= 11 is 0. The van der Waals surface area contributed by atoms with Crippen molar-refractivity contribution in [3.8, 4) is 0 Å². The van der Waals surface area contributed by atoms with Gasteiger partial charge in [-0.15, -0.1) is 0 Å². The van der Waals surface area contributed by atoms with Crippen molar-refractivity contribution in [3.63, 3.8) is 0 Å². The lowest BCUT2D eigenvalue weighted by molar-refractivity contribution is 0.0508. The molecule has 3 rings (SSSR count). The van der Waals surface area contributed by atoms with E-state index in [9.17, 15) is 9.59 Å². The monoisotopic (exact) mass is 356 g/mol. The third-order valence-corrected chi connectivity index (χ3v) is 4.58. The number of aryl methyl sites for hydroxylation is 1. The summed E-state index contributed by atoms with van der Waals surface area (Å²) in [5, 5.41) is 4.42. The second kappa shape index (κ2) is 7.19. The lowest BCUT2D eigenvalue weighted by atomic mass is 10.0. The van der Waals surface area contributed by atoms with E-state index in [2.05, 4.69) is 5.10 Å². The quantitative estimate of drug-likeness (QED) is 0.782. The van der Waals surface area contributed by atoms with Crippen molar-refractivity contribution in [2.24, 2.45) is 7.05 Å². The number of hydrogen-bond donors (Lipinski definition) is 0. The van der Waals surface area contributed by atoms with Crippen LogP contribution in [0.3, 0.4) is 0 Å². The normalized spacial score (nSPS) is 13.3. The lowest BCUT2D eigenvalue weighted by Crippen LogP contribution is -2.36. The van der Waals surface area contributed by atoms with E-state index < -0.39 is 5.97 Å². The van der Waals surface area contributed by atoms with Gasteiger partial charge in [-0.1, -0.05) is 0 Å². The zero-order chi connectivity index (χ0) is 18.8. The molecule has 0 atom stereocenters. The van der Waals surface area contributed by atoms with Crippen molar-refractivity contribution < 1.29 is 14.3 Å². The van der Waals surface area contributed by atoms with Gasteiger partial charge in [0.2, 0.25) is 0 Å². The summed E-state index contributed by atoms with van der Waals surface area (Å²) in [6.07, 6.45) is 0.629. The van der Waals surface area contributed by atoms with Crippen molar-refractivity contribution in [1.82, 2.24) is 14.7 Å². The topological polar surface area (TPSA) is 67.7 Å². The zero-order valence-electron chi connectivity index (χ0n) is 15.7. The van der Waals surface area contributed by atoms with Gasteiger partial charge in [0.15, 0.2) is 5.69 Å². The SMILES string of the molecule is CCOC(=O)c1c2c(nn1C)CCN(C(=O)c1ccc(N(C)C)cc1)C2. The average Bonchev–Trinajstić information content (AvgIpc) is 2.96. The molecule has 7 nitrogen and oxygen atoms in total. The first-order valence-electron chi connectivity index (χ1n) is 8.71. The summed E-state index contributed by atoms with van der Waals surface area (Å²) in [6, 6.07) is 7.53. The number of aromatic nitrogens is 2. The molecule has 1 aliphatic heterocycles. The molecule has 26 heavy (non-hydrogen) atoms. The number of esters is 1. The van der Waals surface area contributed by atoms with Crippen LogP contribution in [0, 0.1) is 0 Å². The lowest BCUT2D eigenvalue weighted by Gasteiger charge is -2.27. The predicted octanol–water partition coefficient (Wildman–Crippen LogP) is 1.86. The minimum Gasteiger partial charge on any atom is -0.461 e. The van der Waals surface area contributed by atoms with Crippen molar-refractivity contribution in [2.75, 3.05) is 32.1 Å². The van der Waals surface area contributed by atoms with E-state index >= 15 is 0 Å². The molecule has 0 fully saturated rings. The van der Waals surface area contributed by atoms with Crippen molar-refractivity contribution in [3.05, 3.63) is 46.8 Å². The van der Waals surface area contributed by atoms with Crippen LogP contribution in [0.5, 0.6) is 0 Å². The molecule has 1 amide bonds. The first kappa shape index (κ1) is 18.0. The van der Waals surface area contributed by atoms with Gasteiger partial charge in [0, 0.05) is 50.9 Å². The minimum absolute atomic E-state index is 0.0420. The Morgan fingerprint density at radius 3 is 2.54 bits per heavy atom. The summed E-state index contributed by atoms with van der Waals surface area (Å²) in [5.41, 5.74) is 3.76. The summed E-state index contributed by atoms with van der Waals surface area (Å²) in [6.45, 7) is 3.03. The van der Waals surface area contributed by atoms with Crippen molar-refractivity contribution in [2.45, 2.75) is 19.9 Å². The fourth-order valence-electron chi connectivity index (χ4n) is 3.21. The minimum atomic E-state index is -0.395. The van der Waals surface area contributed by atoms with Gasteiger partial charge in [0.05, 0.1) is 18.8 Å². The smallest absolute Gasteiger partial charge is 0.356 e. The van der Waals surface area contributed by atoms with Gasteiger partial charge in [-0.3, -0.25) is 9.48 Å². The molecule has 0 aliphatic carbocycles. The van der Waals surface area contributed by atoms with Crippen molar-refractivity contribution in [1.29, 1.82) is 0 Å². The van der Waals surface area contributed by atoms with Crippen LogP contribution in [0.15, 0.2) is 24.3 Å². The highest BCUT2D eigenvalue weighted by molar-refractivity contribution is 5.95. The van der Waals surface area contributed by atoms with E-state index in [4.69, 9.17) is 4.74 Å². The van der Waals surface area contributed by atoms with E-state index in [-0.39, 0.29) is 5.91 Å². The Hall–Kier alpha value is -2.83. The number of nitrogens with zero attached hydrogens (tertiary/aromatic N) is 4. The number of benzene rings is 1. The Bertz CT molecular complexity index is 824. The highest BCUT2D eigenvalue weighted by Crippen LogP contribution is 2.24. The molecule has 1 aliphatic rings. The maximum Gasteiger partial charge on any atom is 0.356 e. The summed E-state index contributed by atoms with van der Waals surface area (Å²) in [7, 11) is 5.65. The molecule has 2 aromatic rings. The van der Waals surface area contributed by atoms with Gasteiger partial charge < -0.3 is 14.5 Å². The Morgan fingerprint density at radius 2 is 1.92 bits per heavy atom. The number of amides is 1. The Morgan fingerprint density at radius 1 is 1.23 bits per heavy atom. The number of anilines is 1. The number of fused-ring (bicyclic) bond motifs is 1. The van der Waals surface area contributed by atoms with E-state index in [1.165, 1.54) is 0 Å². The first-order valence-corrected chi connectivity index (χ1v) is 8.71. The molecule has 1 aromatic carbocycles. The van der Waals surface area contributed by atoms with Crippen LogP contribution < -0.4 is 4.90 Å². The van der Waals surface area contributed by atoms with E-state index in [0.717, 1.165) is 16.9 Å². The van der Waals surface area contributed by atoms with Gasteiger partial charge in [-0.05, 0) is 31.2 Å². The van der Waals surface area contributed by atoms with Gasteiger partial charge in [-0.25, -0.2) is 4.79 Å². The predicted molar refractivity (Wildman–Crippen MR) is 98.4 cm³/mol. The van der Waals surface area contributed by atoms with E-state index in [1.807, 2.05) is 43.3 Å². The van der Waals surface area contributed by atoms with Crippen LogP contribution in [0.25, 0.3) is 0 Å². The molecular formula is C19H24N4O3. The molecular weight excluding hydrogens is 332 g/mol. The second-order valence-corrected chi connectivity index (χ2v) is 6.54. The number of carbonyl (C=O) groups is 2. The molecule has 7 heteroatoms.